The van der Waals surface area contributed by atoms with E-state index in [1.165, 1.54) is 53.6 Å². The van der Waals surface area contributed by atoms with Crippen LogP contribution in [0, 0.1) is 0 Å². The third-order valence-electron chi connectivity index (χ3n) is 4.05. The molecule has 0 aliphatic carbocycles. The van der Waals surface area contributed by atoms with E-state index in [0.717, 1.165) is 6.07 Å². The van der Waals surface area contributed by atoms with Crippen LogP contribution in [0.4, 0.5) is 19.0 Å². The Hall–Kier alpha value is -3.69. The molecule has 0 unspecified atom stereocenters. The van der Waals surface area contributed by atoms with Gasteiger partial charge in [-0.2, -0.15) is 22.8 Å². The van der Waals surface area contributed by atoms with Crippen molar-refractivity contribution in [1.82, 2.24) is 24.1 Å². The van der Waals surface area contributed by atoms with E-state index in [1.807, 2.05) is 0 Å². The molecule has 0 aliphatic heterocycles. The summed E-state index contributed by atoms with van der Waals surface area (Å²) in [4.78, 5) is 20.4. The molecule has 0 bridgehead atoms. The summed E-state index contributed by atoms with van der Waals surface area (Å²) in [5.41, 5.74) is -0.180. The molecule has 4 rings (SSSR count). The van der Waals surface area contributed by atoms with E-state index in [4.69, 9.17) is 0 Å². The Kier molecular flexibility index (Phi) is 4.10. The number of alkyl halides is 3. The molecule has 142 valence electrons. The SMILES string of the molecule is Cn1cnc(C(=O)Nc2cnc3ccc(-c4ccccc4C(F)(F)F)nn23)c1. The maximum atomic E-state index is 13.3. The molecule has 4 aromatic rings. The van der Waals surface area contributed by atoms with Crippen LogP contribution in [-0.2, 0) is 13.2 Å². The zero-order valence-corrected chi connectivity index (χ0v) is 14.5. The fourth-order valence-electron chi connectivity index (χ4n) is 2.77. The van der Waals surface area contributed by atoms with Gasteiger partial charge in [0.1, 0.15) is 5.69 Å². The van der Waals surface area contributed by atoms with E-state index in [2.05, 4.69) is 20.4 Å². The van der Waals surface area contributed by atoms with Crippen molar-refractivity contribution in [3.63, 3.8) is 0 Å². The zero-order chi connectivity index (χ0) is 19.9. The molecule has 28 heavy (non-hydrogen) atoms. The molecule has 7 nitrogen and oxygen atoms in total. The summed E-state index contributed by atoms with van der Waals surface area (Å²) in [5, 5.41) is 6.86. The van der Waals surface area contributed by atoms with Gasteiger partial charge >= 0.3 is 6.18 Å². The van der Waals surface area contributed by atoms with E-state index in [-0.39, 0.29) is 22.8 Å². The van der Waals surface area contributed by atoms with Gasteiger partial charge < -0.3 is 9.88 Å². The summed E-state index contributed by atoms with van der Waals surface area (Å²) < 4.78 is 42.8. The highest BCUT2D eigenvalue weighted by Crippen LogP contribution is 2.36. The van der Waals surface area contributed by atoms with Crippen molar-refractivity contribution < 1.29 is 18.0 Å². The van der Waals surface area contributed by atoms with Gasteiger partial charge in [-0.05, 0) is 18.2 Å². The number of fused-ring (bicyclic) bond motifs is 1. The van der Waals surface area contributed by atoms with Gasteiger partial charge in [0, 0.05) is 18.8 Å². The summed E-state index contributed by atoms with van der Waals surface area (Å²) in [6, 6.07) is 8.16. The van der Waals surface area contributed by atoms with Crippen molar-refractivity contribution in [2.24, 2.45) is 7.05 Å². The number of imidazole rings is 2. The van der Waals surface area contributed by atoms with Gasteiger partial charge in [-0.1, -0.05) is 18.2 Å². The number of hydrogen-bond acceptors (Lipinski definition) is 4. The van der Waals surface area contributed by atoms with E-state index >= 15 is 0 Å². The minimum absolute atomic E-state index is 0.0624. The summed E-state index contributed by atoms with van der Waals surface area (Å²) in [6.07, 6.45) is -0.119. The summed E-state index contributed by atoms with van der Waals surface area (Å²) in [5.74, 6) is -0.262. The molecule has 0 spiro atoms. The summed E-state index contributed by atoms with van der Waals surface area (Å²) in [7, 11) is 1.73. The Morgan fingerprint density at radius 1 is 1.11 bits per heavy atom. The van der Waals surface area contributed by atoms with Gasteiger partial charge in [0.25, 0.3) is 5.91 Å². The number of carbonyl (C=O) groups excluding carboxylic acids is 1. The smallest absolute Gasteiger partial charge is 0.340 e. The highest BCUT2D eigenvalue weighted by Gasteiger charge is 2.33. The van der Waals surface area contributed by atoms with Crippen molar-refractivity contribution >= 4 is 17.4 Å². The molecule has 1 aromatic carbocycles. The minimum atomic E-state index is -4.52. The maximum absolute atomic E-state index is 13.3. The molecule has 0 saturated carbocycles. The number of aromatic nitrogens is 5. The normalized spacial score (nSPS) is 11.7. The standard InChI is InChI=1S/C18H13F3N6O/c1-26-9-14(23-10-26)17(28)24-16-8-22-15-7-6-13(25-27(15)16)11-4-2-3-5-12(11)18(19,20)21/h2-10H,1H3,(H,24,28). The van der Waals surface area contributed by atoms with Crippen LogP contribution in [0.1, 0.15) is 16.1 Å². The molecule has 0 saturated heterocycles. The first kappa shape index (κ1) is 17.7. The molecule has 3 heterocycles. The van der Waals surface area contributed by atoms with Crippen molar-refractivity contribution in [2.45, 2.75) is 6.18 Å². The fourth-order valence-corrected chi connectivity index (χ4v) is 2.77. The van der Waals surface area contributed by atoms with Gasteiger partial charge in [-0.15, -0.1) is 0 Å². The number of halogens is 3. The predicted octanol–water partition coefficient (Wildman–Crippen LogP) is 3.40. The van der Waals surface area contributed by atoms with Crippen LogP contribution >= 0.6 is 0 Å². The van der Waals surface area contributed by atoms with Gasteiger partial charge in [0.2, 0.25) is 0 Å². The van der Waals surface area contributed by atoms with Crippen LogP contribution in [0.3, 0.4) is 0 Å². The number of amides is 1. The first-order valence-corrected chi connectivity index (χ1v) is 8.13. The fraction of sp³-hybridized carbons (Fsp3) is 0.111. The second-order valence-electron chi connectivity index (χ2n) is 6.05. The van der Waals surface area contributed by atoms with Crippen LogP contribution in [0.2, 0.25) is 0 Å². The molecule has 10 heteroatoms. The zero-order valence-electron chi connectivity index (χ0n) is 14.5. The number of benzene rings is 1. The number of rotatable bonds is 3. The van der Waals surface area contributed by atoms with Crippen molar-refractivity contribution in [3.8, 4) is 11.3 Å². The number of carbonyl (C=O) groups is 1. The van der Waals surface area contributed by atoms with Crippen molar-refractivity contribution in [3.05, 3.63) is 66.4 Å². The lowest BCUT2D eigenvalue weighted by molar-refractivity contribution is -0.137. The van der Waals surface area contributed by atoms with E-state index in [0.29, 0.717) is 5.65 Å². The van der Waals surface area contributed by atoms with Gasteiger partial charge in [-0.25, -0.2) is 9.97 Å². The third-order valence-corrected chi connectivity index (χ3v) is 4.05. The molecule has 1 amide bonds. The highest BCUT2D eigenvalue weighted by molar-refractivity contribution is 6.02. The lowest BCUT2D eigenvalue weighted by atomic mass is 10.0. The second kappa shape index (κ2) is 6.48. The average molecular weight is 386 g/mol. The highest BCUT2D eigenvalue weighted by atomic mass is 19.4. The molecule has 0 aliphatic rings. The maximum Gasteiger partial charge on any atom is 0.417 e. The lowest BCUT2D eigenvalue weighted by Crippen LogP contribution is -2.14. The molecule has 1 N–H and O–H groups in total. The molecular weight excluding hydrogens is 373 g/mol. The number of anilines is 1. The summed E-state index contributed by atoms with van der Waals surface area (Å²) in [6.45, 7) is 0. The van der Waals surface area contributed by atoms with Crippen LogP contribution in [0.25, 0.3) is 16.9 Å². The Morgan fingerprint density at radius 3 is 2.61 bits per heavy atom. The van der Waals surface area contributed by atoms with E-state index < -0.39 is 17.6 Å². The molecule has 0 fully saturated rings. The Labute approximate surface area is 156 Å². The van der Waals surface area contributed by atoms with E-state index in [1.54, 1.807) is 11.6 Å². The molecular formula is C18H13F3N6O. The second-order valence-corrected chi connectivity index (χ2v) is 6.05. The average Bonchev–Trinajstić information content (AvgIpc) is 3.27. The topological polar surface area (TPSA) is 77.1 Å². The monoisotopic (exact) mass is 386 g/mol. The first-order valence-electron chi connectivity index (χ1n) is 8.13. The number of hydrogen-bond donors (Lipinski definition) is 1. The first-order chi connectivity index (χ1) is 13.3. The Morgan fingerprint density at radius 2 is 1.89 bits per heavy atom. The van der Waals surface area contributed by atoms with Crippen LogP contribution in [0.15, 0.2) is 55.1 Å². The Bertz CT molecular complexity index is 1180. The molecule has 0 atom stereocenters. The van der Waals surface area contributed by atoms with E-state index in [9.17, 15) is 18.0 Å². The van der Waals surface area contributed by atoms with Gasteiger partial charge in [-0.3, -0.25) is 4.79 Å². The Balaban J connectivity index is 1.74. The number of nitrogens with one attached hydrogen (secondary N) is 1. The van der Waals surface area contributed by atoms with Crippen molar-refractivity contribution in [1.29, 1.82) is 0 Å². The minimum Gasteiger partial charge on any atom is -0.340 e. The van der Waals surface area contributed by atoms with Gasteiger partial charge in [0.05, 0.1) is 23.8 Å². The largest absolute Gasteiger partial charge is 0.417 e. The van der Waals surface area contributed by atoms with Crippen LogP contribution in [-0.4, -0.2) is 30.1 Å². The predicted molar refractivity (Wildman–Crippen MR) is 94.6 cm³/mol. The summed E-state index contributed by atoms with van der Waals surface area (Å²) >= 11 is 0. The van der Waals surface area contributed by atoms with Crippen molar-refractivity contribution in [2.75, 3.05) is 5.32 Å². The van der Waals surface area contributed by atoms with Crippen LogP contribution < -0.4 is 5.32 Å². The third kappa shape index (κ3) is 3.20. The molecule has 3 aromatic heterocycles. The van der Waals surface area contributed by atoms with Gasteiger partial charge in [0.15, 0.2) is 11.5 Å². The molecule has 0 radical (unpaired) electrons. The number of aryl methyl sites for hydroxylation is 1. The quantitative estimate of drug-likeness (QED) is 0.586. The number of nitrogens with zero attached hydrogens (tertiary/aromatic N) is 5. The van der Waals surface area contributed by atoms with Crippen LogP contribution in [0.5, 0.6) is 0 Å². The lowest BCUT2D eigenvalue weighted by Gasteiger charge is -2.12.